The van der Waals surface area contributed by atoms with Crippen LogP contribution < -0.4 is 10.8 Å². The van der Waals surface area contributed by atoms with Crippen LogP contribution in [0.4, 0.5) is 4.39 Å². The molecule has 1 aliphatic heterocycles. The van der Waals surface area contributed by atoms with Crippen LogP contribution in [-0.4, -0.2) is 59.1 Å². The van der Waals surface area contributed by atoms with E-state index < -0.39 is 5.91 Å². The molecule has 1 aromatic carbocycles. The summed E-state index contributed by atoms with van der Waals surface area (Å²) < 4.78 is 15.2. The lowest BCUT2D eigenvalue weighted by molar-refractivity contribution is 0.0532. The average molecular weight is 454 g/mol. The van der Waals surface area contributed by atoms with Gasteiger partial charge in [0.2, 0.25) is 0 Å². The highest BCUT2D eigenvalue weighted by Crippen LogP contribution is 2.24. The number of fused-ring (bicyclic) bond motifs is 1. The van der Waals surface area contributed by atoms with Gasteiger partial charge in [-0.25, -0.2) is 14.9 Å². The Bertz CT molecular complexity index is 1140. The molecule has 1 aliphatic rings. The first kappa shape index (κ1) is 22.9. The van der Waals surface area contributed by atoms with Crippen molar-refractivity contribution in [3.05, 3.63) is 65.4 Å². The molecule has 3 heterocycles. The molecule has 0 saturated carbocycles. The van der Waals surface area contributed by atoms with Crippen molar-refractivity contribution in [3.8, 4) is 0 Å². The highest BCUT2D eigenvalue weighted by Gasteiger charge is 2.24. The van der Waals surface area contributed by atoms with Gasteiger partial charge in [0.15, 0.2) is 0 Å². The van der Waals surface area contributed by atoms with E-state index in [-0.39, 0.29) is 17.4 Å². The minimum atomic E-state index is -0.499. The van der Waals surface area contributed by atoms with E-state index in [0.717, 1.165) is 31.5 Å². The van der Waals surface area contributed by atoms with Crippen LogP contribution in [0.5, 0.6) is 0 Å². The summed E-state index contributed by atoms with van der Waals surface area (Å²) in [5.74, 6) is -1.01. The summed E-state index contributed by atoms with van der Waals surface area (Å²) in [7, 11) is 1.34. The van der Waals surface area contributed by atoms with Gasteiger partial charge in [-0.1, -0.05) is 19.1 Å². The molecular formula is C24H28FN5O3. The summed E-state index contributed by atoms with van der Waals surface area (Å²) >= 11 is 0. The minimum absolute atomic E-state index is 0.144. The largest absolute Gasteiger partial charge is 0.350 e. The highest BCUT2D eigenvalue weighted by molar-refractivity contribution is 6.08. The summed E-state index contributed by atoms with van der Waals surface area (Å²) in [5.41, 5.74) is 4.44. The first-order chi connectivity index (χ1) is 16.0. The first-order valence-corrected chi connectivity index (χ1v) is 11.1. The SMILES string of the molecule is CCN1CCCC1CNC(=O)c1cn(Cc2ccc(F)cc2)c2cnc(C(=O)NOC)cc12. The van der Waals surface area contributed by atoms with E-state index in [1.54, 1.807) is 30.6 Å². The maximum absolute atomic E-state index is 13.3. The molecule has 1 fully saturated rings. The maximum atomic E-state index is 13.3. The van der Waals surface area contributed by atoms with Crippen LogP contribution in [0.2, 0.25) is 0 Å². The summed E-state index contributed by atoms with van der Waals surface area (Å²) in [6.07, 6.45) is 5.52. The van der Waals surface area contributed by atoms with Crippen molar-refractivity contribution in [3.63, 3.8) is 0 Å². The number of amides is 2. The van der Waals surface area contributed by atoms with Crippen LogP contribution in [0.1, 0.15) is 46.2 Å². The number of carbonyl (C=O) groups excluding carboxylic acids is 2. The van der Waals surface area contributed by atoms with Crippen molar-refractivity contribution in [2.75, 3.05) is 26.7 Å². The third kappa shape index (κ3) is 5.04. The Hall–Kier alpha value is -3.30. The molecule has 8 nitrogen and oxygen atoms in total. The number of nitrogens with zero attached hydrogens (tertiary/aromatic N) is 3. The number of nitrogens with one attached hydrogen (secondary N) is 2. The van der Waals surface area contributed by atoms with Crippen molar-refractivity contribution in [1.82, 2.24) is 25.2 Å². The lowest BCUT2D eigenvalue weighted by Crippen LogP contribution is -2.40. The highest BCUT2D eigenvalue weighted by atomic mass is 19.1. The molecule has 4 rings (SSSR count). The van der Waals surface area contributed by atoms with Crippen molar-refractivity contribution in [2.45, 2.75) is 32.4 Å². The van der Waals surface area contributed by atoms with Crippen molar-refractivity contribution >= 4 is 22.7 Å². The predicted molar refractivity (Wildman–Crippen MR) is 122 cm³/mol. The first-order valence-electron chi connectivity index (χ1n) is 11.1. The number of likely N-dealkylation sites (N-methyl/N-ethyl adjacent to an activating group) is 1. The molecule has 1 saturated heterocycles. The van der Waals surface area contributed by atoms with E-state index in [1.165, 1.54) is 19.2 Å². The number of benzene rings is 1. The van der Waals surface area contributed by atoms with Gasteiger partial charge in [-0.05, 0) is 49.7 Å². The molecule has 3 aromatic rings. The molecular weight excluding hydrogens is 425 g/mol. The molecule has 9 heteroatoms. The molecule has 0 spiro atoms. The van der Waals surface area contributed by atoms with E-state index in [0.29, 0.717) is 35.6 Å². The van der Waals surface area contributed by atoms with Crippen LogP contribution in [0.3, 0.4) is 0 Å². The second kappa shape index (κ2) is 10.1. The molecule has 174 valence electrons. The van der Waals surface area contributed by atoms with Gasteiger partial charge >= 0.3 is 0 Å². The number of aromatic nitrogens is 2. The van der Waals surface area contributed by atoms with Gasteiger partial charge in [0.05, 0.1) is 24.4 Å². The van der Waals surface area contributed by atoms with Gasteiger partial charge in [-0.2, -0.15) is 0 Å². The summed E-state index contributed by atoms with van der Waals surface area (Å²) in [5, 5.41) is 3.68. The molecule has 2 amide bonds. The number of hydroxylamine groups is 1. The van der Waals surface area contributed by atoms with Crippen LogP contribution >= 0.6 is 0 Å². The van der Waals surface area contributed by atoms with E-state index in [9.17, 15) is 14.0 Å². The summed E-state index contributed by atoms with van der Waals surface area (Å²) in [6, 6.07) is 8.13. The topological polar surface area (TPSA) is 88.5 Å². The van der Waals surface area contributed by atoms with Gasteiger partial charge in [-0.15, -0.1) is 0 Å². The molecule has 0 aliphatic carbocycles. The van der Waals surface area contributed by atoms with E-state index in [2.05, 4.69) is 27.6 Å². The van der Waals surface area contributed by atoms with Gasteiger partial charge in [0.25, 0.3) is 11.8 Å². The fourth-order valence-electron chi connectivity index (χ4n) is 4.40. The summed E-state index contributed by atoms with van der Waals surface area (Å²) in [6.45, 7) is 5.14. The van der Waals surface area contributed by atoms with E-state index in [4.69, 9.17) is 4.84 Å². The lowest BCUT2D eigenvalue weighted by Gasteiger charge is -2.22. The van der Waals surface area contributed by atoms with Gasteiger partial charge in [0, 0.05) is 30.7 Å². The zero-order chi connectivity index (χ0) is 23.4. The zero-order valence-electron chi connectivity index (χ0n) is 18.8. The Labute approximate surface area is 191 Å². The fraction of sp³-hybridized carbons (Fsp3) is 0.375. The Balaban J connectivity index is 1.64. The lowest BCUT2D eigenvalue weighted by atomic mass is 10.1. The van der Waals surface area contributed by atoms with Crippen LogP contribution in [0.15, 0.2) is 42.7 Å². The molecule has 2 aromatic heterocycles. The number of hydrogen-bond acceptors (Lipinski definition) is 5. The smallest absolute Gasteiger partial charge is 0.293 e. The second-order valence-electron chi connectivity index (χ2n) is 8.15. The van der Waals surface area contributed by atoms with Gasteiger partial charge in [0.1, 0.15) is 11.5 Å². The Morgan fingerprint density at radius 2 is 2.03 bits per heavy atom. The van der Waals surface area contributed by atoms with Gasteiger partial charge < -0.3 is 9.88 Å². The summed E-state index contributed by atoms with van der Waals surface area (Å²) in [4.78, 5) is 36.7. The van der Waals surface area contributed by atoms with Crippen molar-refractivity contribution in [2.24, 2.45) is 0 Å². The van der Waals surface area contributed by atoms with Crippen molar-refractivity contribution in [1.29, 1.82) is 0 Å². The number of carbonyl (C=O) groups is 2. The number of likely N-dealkylation sites (tertiary alicyclic amines) is 1. The number of rotatable bonds is 8. The second-order valence-corrected chi connectivity index (χ2v) is 8.15. The van der Waals surface area contributed by atoms with Crippen LogP contribution in [0, 0.1) is 5.82 Å². The molecule has 1 unspecified atom stereocenters. The standard InChI is InChI=1S/C24H28FN5O3/c1-3-29-10-4-5-18(29)12-27-23(31)20-15-30(14-16-6-8-17(25)9-7-16)22-13-26-21(11-19(20)22)24(32)28-33-2/h6-9,11,13,15,18H,3-5,10,12,14H2,1-2H3,(H,27,31)(H,28,32). The number of halogens is 1. The molecule has 2 N–H and O–H groups in total. The van der Waals surface area contributed by atoms with Gasteiger partial charge in [-0.3, -0.25) is 19.3 Å². The predicted octanol–water partition coefficient (Wildman–Crippen LogP) is 2.73. The Kier molecular flexibility index (Phi) is 7.00. The third-order valence-corrected chi connectivity index (χ3v) is 6.11. The Morgan fingerprint density at radius 3 is 2.76 bits per heavy atom. The zero-order valence-corrected chi connectivity index (χ0v) is 18.8. The molecule has 33 heavy (non-hydrogen) atoms. The quantitative estimate of drug-likeness (QED) is 0.512. The molecule has 1 atom stereocenters. The normalized spacial score (nSPS) is 16.3. The van der Waals surface area contributed by atoms with Crippen LogP contribution in [-0.2, 0) is 11.4 Å². The van der Waals surface area contributed by atoms with Crippen LogP contribution in [0.25, 0.3) is 10.9 Å². The monoisotopic (exact) mass is 453 g/mol. The fourth-order valence-corrected chi connectivity index (χ4v) is 4.40. The Morgan fingerprint density at radius 1 is 1.24 bits per heavy atom. The average Bonchev–Trinajstić information content (AvgIpc) is 3.43. The van der Waals surface area contributed by atoms with Crippen molar-refractivity contribution < 1.29 is 18.8 Å². The van der Waals surface area contributed by atoms with E-state index >= 15 is 0 Å². The molecule has 0 bridgehead atoms. The maximum Gasteiger partial charge on any atom is 0.293 e. The third-order valence-electron chi connectivity index (χ3n) is 6.11. The number of hydrogen-bond donors (Lipinski definition) is 2. The number of pyridine rings is 1. The van der Waals surface area contributed by atoms with E-state index in [1.807, 2.05) is 4.57 Å². The minimum Gasteiger partial charge on any atom is -0.350 e. The molecule has 0 radical (unpaired) electrons.